The first kappa shape index (κ1) is 22.4. The Morgan fingerprint density at radius 2 is 2.00 bits per heavy atom. The van der Waals surface area contributed by atoms with E-state index >= 15 is 0 Å². The Labute approximate surface area is 156 Å². The second kappa shape index (κ2) is 10.5. The number of rotatable bonds is 10. The third kappa shape index (κ3) is 7.30. The largest absolute Gasteiger partial charge is 0.396 e. The highest BCUT2D eigenvalue weighted by molar-refractivity contribution is 8.13. The SMILES string of the molecule is CC(C)(CO)C(O)C(=O)NCCC(=O)NCCSC(=O)C1CCC(=O)N1. The van der Waals surface area contributed by atoms with Gasteiger partial charge in [-0.1, -0.05) is 25.6 Å². The Hall–Kier alpha value is -1.65. The normalized spacial score (nSPS) is 18.2. The fourth-order valence-corrected chi connectivity index (χ4v) is 2.94. The highest BCUT2D eigenvalue weighted by atomic mass is 32.2. The van der Waals surface area contributed by atoms with Gasteiger partial charge in [-0.15, -0.1) is 0 Å². The number of thioether (sulfide) groups is 1. The molecule has 26 heavy (non-hydrogen) atoms. The maximum Gasteiger partial charge on any atom is 0.249 e. The van der Waals surface area contributed by atoms with Crippen molar-refractivity contribution in [2.75, 3.05) is 25.4 Å². The quantitative estimate of drug-likeness (QED) is 0.287. The first-order valence-electron chi connectivity index (χ1n) is 8.46. The minimum atomic E-state index is -1.37. The lowest BCUT2D eigenvalue weighted by Crippen LogP contribution is -2.46. The predicted octanol–water partition coefficient (Wildman–Crippen LogP) is -1.47. The van der Waals surface area contributed by atoms with Crippen LogP contribution in [-0.2, 0) is 19.2 Å². The van der Waals surface area contributed by atoms with E-state index in [-0.39, 0.29) is 36.5 Å². The number of hydrogen-bond donors (Lipinski definition) is 5. The summed E-state index contributed by atoms with van der Waals surface area (Å²) in [6, 6.07) is -0.437. The Kier molecular flexibility index (Phi) is 9.03. The average Bonchev–Trinajstić information content (AvgIpc) is 3.04. The van der Waals surface area contributed by atoms with Gasteiger partial charge in [0, 0.05) is 37.1 Å². The van der Waals surface area contributed by atoms with Crippen LogP contribution in [-0.4, -0.2) is 70.6 Å². The van der Waals surface area contributed by atoms with Gasteiger partial charge in [0.15, 0.2) is 0 Å². The zero-order valence-corrected chi connectivity index (χ0v) is 15.9. The molecule has 0 radical (unpaired) electrons. The van der Waals surface area contributed by atoms with Crippen LogP contribution in [0.3, 0.4) is 0 Å². The molecule has 0 aromatic heterocycles. The Morgan fingerprint density at radius 1 is 1.31 bits per heavy atom. The molecule has 0 aromatic carbocycles. The topological polar surface area (TPSA) is 145 Å². The molecule has 0 spiro atoms. The summed E-state index contributed by atoms with van der Waals surface area (Å²) in [5, 5.41) is 26.5. The minimum Gasteiger partial charge on any atom is -0.396 e. The molecule has 0 aromatic rings. The van der Waals surface area contributed by atoms with Crippen LogP contribution in [0.1, 0.15) is 33.1 Å². The summed E-state index contributed by atoms with van der Waals surface area (Å²) in [5.41, 5.74) is -0.963. The van der Waals surface area contributed by atoms with Crippen LogP contribution < -0.4 is 16.0 Å². The number of aliphatic hydroxyl groups is 2. The Balaban J connectivity index is 2.12. The van der Waals surface area contributed by atoms with Crippen LogP contribution in [0, 0.1) is 5.41 Å². The first-order chi connectivity index (χ1) is 12.2. The number of aliphatic hydroxyl groups excluding tert-OH is 2. The Bertz CT molecular complexity index is 540. The van der Waals surface area contributed by atoms with E-state index in [0.29, 0.717) is 25.1 Å². The van der Waals surface area contributed by atoms with Crippen molar-refractivity contribution in [2.24, 2.45) is 5.41 Å². The second-order valence-electron chi connectivity index (χ2n) is 6.77. The predicted molar refractivity (Wildman–Crippen MR) is 96.1 cm³/mol. The van der Waals surface area contributed by atoms with Crippen LogP contribution in [0.15, 0.2) is 0 Å². The molecule has 1 heterocycles. The lowest BCUT2D eigenvalue weighted by molar-refractivity contribution is -0.137. The molecule has 3 amide bonds. The van der Waals surface area contributed by atoms with Crippen LogP contribution in [0.2, 0.25) is 0 Å². The van der Waals surface area contributed by atoms with Gasteiger partial charge < -0.3 is 26.2 Å². The molecule has 148 valence electrons. The standard InChI is InChI=1S/C16H27N3O6S/c1-16(2,9-20)13(23)14(24)18-6-5-11(21)17-7-8-26-15(25)10-3-4-12(22)19-10/h10,13,20,23H,3-9H2,1-2H3,(H,17,21)(H,18,24)(H,19,22). The van der Waals surface area contributed by atoms with E-state index in [2.05, 4.69) is 16.0 Å². The summed E-state index contributed by atoms with van der Waals surface area (Å²) in [6.45, 7) is 3.12. The molecule has 10 heteroatoms. The molecule has 1 rings (SSSR count). The van der Waals surface area contributed by atoms with Gasteiger partial charge in [-0.3, -0.25) is 19.2 Å². The fraction of sp³-hybridized carbons (Fsp3) is 0.750. The van der Waals surface area contributed by atoms with E-state index in [0.717, 1.165) is 11.8 Å². The van der Waals surface area contributed by atoms with Crippen LogP contribution >= 0.6 is 11.8 Å². The van der Waals surface area contributed by atoms with Gasteiger partial charge in [0.25, 0.3) is 0 Å². The molecule has 0 aliphatic carbocycles. The van der Waals surface area contributed by atoms with E-state index < -0.39 is 23.5 Å². The maximum absolute atomic E-state index is 11.8. The molecule has 1 aliphatic rings. The molecule has 9 nitrogen and oxygen atoms in total. The maximum atomic E-state index is 11.8. The Morgan fingerprint density at radius 3 is 2.58 bits per heavy atom. The third-order valence-corrected chi connectivity index (χ3v) is 4.97. The zero-order valence-electron chi connectivity index (χ0n) is 15.0. The lowest BCUT2D eigenvalue weighted by Gasteiger charge is -2.27. The van der Waals surface area contributed by atoms with Crippen LogP contribution in [0.5, 0.6) is 0 Å². The molecule has 5 N–H and O–H groups in total. The van der Waals surface area contributed by atoms with Gasteiger partial charge in [-0.05, 0) is 6.42 Å². The lowest BCUT2D eigenvalue weighted by atomic mass is 9.87. The molecular formula is C16H27N3O6S. The molecular weight excluding hydrogens is 362 g/mol. The molecule has 1 aliphatic heterocycles. The van der Waals surface area contributed by atoms with E-state index in [1.54, 1.807) is 13.8 Å². The summed E-state index contributed by atoms with van der Waals surface area (Å²) < 4.78 is 0. The fourth-order valence-electron chi connectivity index (χ4n) is 2.16. The van der Waals surface area contributed by atoms with Gasteiger partial charge in [0.05, 0.1) is 12.6 Å². The number of hydrogen-bond acceptors (Lipinski definition) is 7. The molecule has 0 saturated carbocycles. The molecule has 1 saturated heterocycles. The van der Waals surface area contributed by atoms with E-state index in [4.69, 9.17) is 5.11 Å². The van der Waals surface area contributed by atoms with E-state index in [1.165, 1.54) is 0 Å². The van der Waals surface area contributed by atoms with Crippen molar-refractivity contribution < 1.29 is 29.4 Å². The van der Waals surface area contributed by atoms with Gasteiger partial charge >= 0.3 is 0 Å². The molecule has 2 atom stereocenters. The van der Waals surface area contributed by atoms with Gasteiger partial charge in [0.2, 0.25) is 22.8 Å². The number of carbonyl (C=O) groups is 4. The highest BCUT2D eigenvalue weighted by Gasteiger charge is 2.32. The van der Waals surface area contributed by atoms with Crippen LogP contribution in [0.25, 0.3) is 0 Å². The van der Waals surface area contributed by atoms with Crippen molar-refractivity contribution in [1.82, 2.24) is 16.0 Å². The second-order valence-corrected chi connectivity index (χ2v) is 7.87. The summed E-state index contributed by atoms with van der Waals surface area (Å²) >= 11 is 1.06. The summed E-state index contributed by atoms with van der Waals surface area (Å²) in [4.78, 5) is 46.3. The highest BCUT2D eigenvalue weighted by Crippen LogP contribution is 2.19. The van der Waals surface area contributed by atoms with Gasteiger partial charge in [0.1, 0.15) is 6.10 Å². The van der Waals surface area contributed by atoms with Crippen LogP contribution in [0.4, 0.5) is 0 Å². The van der Waals surface area contributed by atoms with Crippen molar-refractivity contribution in [3.05, 3.63) is 0 Å². The smallest absolute Gasteiger partial charge is 0.249 e. The minimum absolute atomic E-state index is 0.0370. The number of carbonyl (C=O) groups excluding carboxylic acids is 4. The van der Waals surface area contributed by atoms with Crippen molar-refractivity contribution in [2.45, 2.75) is 45.3 Å². The monoisotopic (exact) mass is 389 g/mol. The van der Waals surface area contributed by atoms with Crippen molar-refractivity contribution in [3.63, 3.8) is 0 Å². The van der Waals surface area contributed by atoms with Crippen molar-refractivity contribution >= 4 is 34.6 Å². The number of nitrogens with one attached hydrogen (secondary N) is 3. The molecule has 1 fully saturated rings. The summed E-state index contributed by atoms with van der Waals surface area (Å²) in [6.07, 6.45) is -0.455. The van der Waals surface area contributed by atoms with Crippen molar-refractivity contribution in [3.8, 4) is 0 Å². The first-order valence-corrected chi connectivity index (χ1v) is 9.45. The molecule has 2 unspecified atom stereocenters. The van der Waals surface area contributed by atoms with Gasteiger partial charge in [-0.25, -0.2) is 0 Å². The summed E-state index contributed by atoms with van der Waals surface area (Å²) in [5.74, 6) is -0.654. The average molecular weight is 389 g/mol. The summed E-state index contributed by atoms with van der Waals surface area (Å²) in [7, 11) is 0. The zero-order chi connectivity index (χ0) is 19.7. The van der Waals surface area contributed by atoms with E-state index in [9.17, 15) is 24.3 Å². The number of amides is 3. The van der Waals surface area contributed by atoms with E-state index in [1.807, 2.05) is 0 Å². The van der Waals surface area contributed by atoms with Crippen molar-refractivity contribution in [1.29, 1.82) is 0 Å². The third-order valence-electron chi connectivity index (χ3n) is 4.00. The van der Waals surface area contributed by atoms with Gasteiger partial charge in [-0.2, -0.15) is 0 Å². The molecule has 0 bridgehead atoms.